The van der Waals surface area contributed by atoms with Crippen molar-refractivity contribution in [2.45, 2.75) is 20.3 Å². The molecule has 0 saturated heterocycles. The second kappa shape index (κ2) is 10.4. The minimum atomic E-state index is -1.32. The van der Waals surface area contributed by atoms with Crippen molar-refractivity contribution in [3.8, 4) is 0 Å². The summed E-state index contributed by atoms with van der Waals surface area (Å²) in [5.41, 5.74) is -1.32. The summed E-state index contributed by atoms with van der Waals surface area (Å²) in [5.74, 6) is -0.755. The molecule has 1 unspecified atom stereocenters. The Balaban J connectivity index is 0. The maximum absolute atomic E-state index is 9.90. The molecule has 1 radical (unpaired) electrons. The molecule has 3 nitrogen and oxygen atoms in total. The van der Waals surface area contributed by atoms with Crippen LogP contribution in [0.3, 0.4) is 0 Å². The second-order valence-corrected chi connectivity index (χ2v) is 12.5. The van der Waals surface area contributed by atoms with E-state index in [0.29, 0.717) is 5.75 Å². The molecule has 0 aromatic heterocycles. The van der Waals surface area contributed by atoms with Gasteiger partial charge in [0.1, 0.15) is 0 Å². The number of carboxylic acid groups (broad SMARTS) is 1. The van der Waals surface area contributed by atoms with Crippen molar-refractivity contribution in [1.82, 2.24) is 0 Å². The van der Waals surface area contributed by atoms with E-state index in [1.165, 1.54) is 6.08 Å². The van der Waals surface area contributed by atoms with Crippen LogP contribution in [0.2, 0.25) is 14.8 Å². The average molecular weight is 312 g/mol. The Kier molecular flexibility index (Phi) is 12.6. The van der Waals surface area contributed by atoms with Gasteiger partial charge in [0.15, 0.2) is 5.44 Å². The minimum absolute atomic E-state index is 0.452. The summed E-state index contributed by atoms with van der Waals surface area (Å²) in [5, 5.41) is 16.7. The van der Waals surface area contributed by atoms with Crippen molar-refractivity contribution < 1.29 is 15.0 Å². The fourth-order valence-electron chi connectivity index (χ4n) is 0.230. The molecular formula is C8H17O3SSn. The third-order valence-corrected chi connectivity index (χ3v) is 1.53. The van der Waals surface area contributed by atoms with Crippen LogP contribution in [0.1, 0.15) is 0 Å². The number of carboxylic acids is 1. The van der Waals surface area contributed by atoms with Gasteiger partial charge in [0.25, 0.3) is 0 Å². The van der Waals surface area contributed by atoms with Crippen molar-refractivity contribution in [3.05, 3.63) is 12.7 Å². The van der Waals surface area contributed by atoms with Gasteiger partial charge in [-0.1, -0.05) is 6.08 Å². The summed E-state index contributed by atoms with van der Waals surface area (Å²) >= 11 is 0.379. The van der Waals surface area contributed by atoms with E-state index in [-0.39, 0.29) is 0 Å². The maximum atomic E-state index is 9.90. The summed E-state index contributed by atoms with van der Waals surface area (Å²) in [6, 6.07) is 0. The topological polar surface area (TPSA) is 57.5 Å². The van der Waals surface area contributed by atoms with Gasteiger partial charge < -0.3 is 10.2 Å². The van der Waals surface area contributed by atoms with Crippen LogP contribution in [0.4, 0.5) is 0 Å². The summed E-state index contributed by atoms with van der Waals surface area (Å²) < 4.78 is 0. The third-order valence-electron chi connectivity index (χ3n) is 0.583. The number of hydrogen-bond acceptors (Lipinski definition) is 3. The Morgan fingerprint density at radius 3 is 2.23 bits per heavy atom. The van der Waals surface area contributed by atoms with Crippen molar-refractivity contribution in [2.24, 2.45) is 0 Å². The molecule has 13 heavy (non-hydrogen) atoms. The zero-order chi connectivity index (χ0) is 10.9. The molecule has 2 N–H and O–H groups in total. The van der Waals surface area contributed by atoms with Crippen molar-refractivity contribution >= 4 is 37.5 Å². The number of rotatable bonds is 4. The molecule has 77 valence electrons. The number of thioether (sulfide) groups is 1. The van der Waals surface area contributed by atoms with Gasteiger partial charge in [-0.25, -0.2) is 4.79 Å². The number of aliphatic carboxylic acids is 1. The monoisotopic (exact) mass is 313 g/mol. The molecule has 0 amide bonds. The first-order chi connectivity index (χ1) is 5.91. The van der Waals surface area contributed by atoms with Gasteiger partial charge in [0.2, 0.25) is 0 Å². The van der Waals surface area contributed by atoms with E-state index in [9.17, 15) is 4.79 Å². The first-order valence-corrected chi connectivity index (χ1v) is 13.4. The van der Waals surface area contributed by atoms with Crippen LogP contribution in [0.5, 0.6) is 0 Å². The van der Waals surface area contributed by atoms with Gasteiger partial charge in [-0.2, -0.15) is 0 Å². The Bertz CT molecular complexity index is 148. The van der Waals surface area contributed by atoms with Crippen molar-refractivity contribution in [2.75, 3.05) is 5.75 Å². The van der Waals surface area contributed by atoms with E-state index in [0.717, 1.165) is 11.8 Å². The van der Waals surface area contributed by atoms with Gasteiger partial charge in [0, 0.05) is 5.75 Å². The average Bonchev–Trinajstić information content (AvgIpc) is 1.98. The standard InChI is InChI=1S/C5H8O3S.3CH3.Sn/c1-2-3-9-5(8)4(6)7;;;;/h2,5,8H,1,3H2,(H,6,7);3*1H3;. The molecule has 0 heterocycles. The molecule has 0 fully saturated rings. The first kappa shape index (κ1) is 15.8. The molecule has 0 rings (SSSR count). The molecule has 0 aromatic carbocycles. The first-order valence-electron chi connectivity index (χ1n) is 3.82. The van der Waals surface area contributed by atoms with Crippen LogP contribution in [0.25, 0.3) is 0 Å². The van der Waals surface area contributed by atoms with E-state index >= 15 is 0 Å². The molecule has 0 saturated carbocycles. The molecule has 5 heteroatoms. The molecule has 0 aromatic rings. The third kappa shape index (κ3) is 19.0. The van der Waals surface area contributed by atoms with Crippen LogP contribution in [0, 0.1) is 0 Å². The number of aliphatic hydroxyl groups is 1. The van der Waals surface area contributed by atoms with E-state index in [1.54, 1.807) is 0 Å². The second-order valence-electron chi connectivity index (χ2n) is 2.81. The van der Waals surface area contributed by atoms with Crippen LogP contribution in [0.15, 0.2) is 12.7 Å². The van der Waals surface area contributed by atoms with Crippen molar-refractivity contribution in [1.29, 1.82) is 0 Å². The zero-order valence-electron chi connectivity index (χ0n) is 8.28. The Morgan fingerprint density at radius 1 is 1.62 bits per heavy atom. The van der Waals surface area contributed by atoms with Gasteiger partial charge >= 0.3 is 40.5 Å². The summed E-state index contributed by atoms with van der Waals surface area (Å²) in [4.78, 5) is 17.0. The van der Waals surface area contributed by atoms with E-state index < -0.39 is 31.2 Å². The van der Waals surface area contributed by atoms with Crippen LogP contribution in [-0.2, 0) is 4.79 Å². The summed E-state index contributed by atoms with van der Waals surface area (Å²) in [6.45, 7) is 3.37. The predicted molar refractivity (Wildman–Crippen MR) is 59.6 cm³/mol. The van der Waals surface area contributed by atoms with Crippen molar-refractivity contribution in [3.63, 3.8) is 0 Å². The fourth-order valence-corrected chi connectivity index (χ4v) is 0.691. The van der Waals surface area contributed by atoms with Gasteiger partial charge in [-0.3, -0.25) is 0 Å². The van der Waals surface area contributed by atoms with Gasteiger partial charge in [-0.05, 0) is 0 Å². The fraction of sp³-hybridized carbons (Fsp3) is 0.625. The molecule has 0 aliphatic carbocycles. The molecule has 1 atom stereocenters. The molecule has 0 bridgehead atoms. The number of carbonyl (C=O) groups is 1. The van der Waals surface area contributed by atoms with E-state index in [2.05, 4.69) is 21.4 Å². The SMILES string of the molecule is C=CCSC(O)C(=O)O.[CH3][Sn]([CH3])[CH3]. The number of hydrogen-bond donors (Lipinski definition) is 2. The molecule has 0 aliphatic rings. The molecule has 0 spiro atoms. The van der Waals surface area contributed by atoms with Crippen LogP contribution < -0.4 is 0 Å². The quantitative estimate of drug-likeness (QED) is 0.471. The Hall–Kier alpha value is 0.319. The molecule has 0 aliphatic heterocycles. The predicted octanol–water partition coefficient (Wildman–Crippen LogP) is 1.68. The molecular weight excluding hydrogens is 295 g/mol. The summed E-state index contributed by atoms with van der Waals surface area (Å²) in [7, 11) is 0. The van der Waals surface area contributed by atoms with E-state index in [1.807, 2.05) is 0 Å². The summed E-state index contributed by atoms with van der Waals surface area (Å²) in [6.07, 6.45) is 1.54. The number of aliphatic hydroxyl groups excluding tert-OH is 1. The Morgan fingerprint density at radius 2 is 2.00 bits per heavy atom. The van der Waals surface area contributed by atoms with Gasteiger partial charge in [-0.15, -0.1) is 18.3 Å². The zero-order valence-corrected chi connectivity index (χ0v) is 12.0. The normalized spacial score (nSPS) is 11.5. The Labute approximate surface area is 91.0 Å². The van der Waals surface area contributed by atoms with Crippen LogP contribution >= 0.6 is 11.8 Å². The van der Waals surface area contributed by atoms with Gasteiger partial charge in [0.05, 0.1) is 0 Å². The van der Waals surface area contributed by atoms with Crippen LogP contribution in [-0.4, -0.2) is 47.1 Å². The van der Waals surface area contributed by atoms with E-state index in [4.69, 9.17) is 10.2 Å².